The van der Waals surface area contributed by atoms with Gasteiger partial charge in [0.1, 0.15) is 29.5 Å². The standard InChI is InChI=1S/C31H33ClF2N6O/c1-19(33)16-39-13-14-40(20(2)17-39)30-24-15-35-28(23-10-4-7-21-8-5-11-25(32)26(21)23)27(34)29(24)36-31(37-30)41-18-22-9-6-12-38(22)3/h4-5,7-8,10-11,15,20,22H,1,6,9,12-14,16-18H2,2-3H3/t20-,22+/m1/s1. The van der Waals surface area contributed by atoms with E-state index >= 15 is 4.39 Å². The molecule has 2 saturated heterocycles. The number of hydrogen-bond donors (Lipinski definition) is 0. The van der Waals surface area contributed by atoms with E-state index < -0.39 is 5.82 Å². The van der Waals surface area contributed by atoms with Gasteiger partial charge in [0.25, 0.3) is 0 Å². The van der Waals surface area contributed by atoms with Gasteiger partial charge in [-0.25, -0.2) is 8.78 Å². The number of likely N-dealkylation sites (N-methyl/N-ethyl adjacent to an activating group) is 1. The van der Waals surface area contributed by atoms with E-state index in [1.807, 2.05) is 42.2 Å². The average molecular weight is 579 g/mol. The van der Waals surface area contributed by atoms with E-state index in [1.165, 1.54) is 0 Å². The summed E-state index contributed by atoms with van der Waals surface area (Å²) in [4.78, 5) is 20.3. The zero-order valence-corrected chi connectivity index (χ0v) is 24.0. The number of anilines is 1. The summed E-state index contributed by atoms with van der Waals surface area (Å²) in [6.07, 6.45) is 3.77. The van der Waals surface area contributed by atoms with Crippen LogP contribution < -0.4 is 9.64 Å². The number of likely N-dealkylation sites (tertiary alicyclic amines) is 1. The molecular formula is C31H33ClF2N6O. The van der Waals surface area contributed by atoms with Crippen molar-refractivity contribution in [1.82, 2.24) is 24.8 Å². The lowest BCUT2D eigenvalue weighted by atomic mass is 10.0. The molecule has 0 aliphatic carbocycles. The molecule has 6 rings (SSSR count). The Labute approximate surface area is 243 Å². The minimum Gasteiger partial charge on any atom is -0.462 e. The Morgan fingerprint density at radius 1 is 1.15 bits per heavy atom. The maximum absolute atomic E-state index is 16.5. The van der Waals surface area contributed by atoms with E-state index in [1.54, 1.807) is 12.3 Å². The fourth-order valence-electron chi connectivity index (χ4n) is 6.08. The Kier molecular flexibility index (Phi) is 7.76. The average Bonchev–Trinajstić information content (AvgIpc) is 3.36. The van der Waals surface area contributed by atoms with Crippen LogP contribution in [-0.2, 0) is 0 Å². The second-order valence-corrected chi connectivity index (χ2v) is 11.4. The normalized spacial score (nSPS) is 20.3. The number of rotatable bonds is 7. The van der Waals surface area contributed by atoms with Gasteiger partial charge in [-0.2, -0.15) is 9.97 Å². The van der Waals surface area contributed by atoms with Crippen molar-refractivity contribution in [2.24, 2.45) is 0 Å². The number of fused-ring (bicyclic) bond motifs is 2. The molecule has 214 valence electrons. The van der Waals surface area contributed by atoms with Crippen LogP contribution in [0.4, 0.5) is 14.6 Å². The Balaban J connectivity index is 1.45. The van der Waals surface area contributed by atoms with Crippen LogP contribution in [0.25, 0.3) is 32.9 Å². The van der Waals surface area contributed by atoms with Gasteiger partial charge < -0.3 is 14.5 Å². The predicted molar refractivity (Wildman–Crippen MR) is 160 cm³/mol. The van der Waals surface area contributed by atoms with Gasteiger partial charge in [0.15, 0.2) is 5.82 Å². The second kappa shape index (κ2) is 11.5. The number of nitrogens with zero attached hydrogens (tertiary/aromatic N) is 6. The summed E-state index contributed by atoms with van der Waals surface area (Å²) >= 11 is 6.57. The van der Waals surface area contributed by atoms with E-state index in [0.29, 0.717) is 48.0 Å². The van der Waals surface area contributed by atoms with Crippen LogP contribution in [0.5, 0.6) is 6.01 Å². The number of halogens is 3. The van der Waals surface area contributed by atoms with Crippen molar-refractivity contribution in [1.29, 1.82) is 0 Å². The summed E-state index contributed by atoms with van der Waals surface area (Å²) < 4.78 is 36.2. The zero-order chi connectivity index (χ0) is 28.7. The van der Waals surface area contributed by atoms with Crippen LogP contribution in [0.15, 0.2) is 55.0 Å². The van der Waals surface area contributed by atoms with Gasteiger partial charge in [0, 0.05) is 60.4 Å². The largest absolute Gasteiger partial charge is 0.462 e. The van der Waals surface area contributed by atoms with Crippen molar-refractivity contribution in [2.75, 3.05) is 51.3 Å². The van der Waals surface area contributed by atoms with Crippen molar-refractivity contribution in [3.63, 3.8) is 0 Å². The summed E-state index contributed by atoms with van der Waals surface area (Å²) in [7, 11) is 2.08. The zero-order valence-electron chi connectivity index (χ0n) is 23.3. The van der Waals surface area contributed by atoms with Gasteiger partial charge in [-0.1, -0.05) is 48.5 Å². The molecule has 2 aliphatic rings. The minimum absolute atomic E-state index is 0.0189. The molecule has 2 aromatic carbocycles. The summed E-state index contributed by atoms with van der Waals surface area (Å²) in [6, 6.07) is 11.6. The molecular weight excluding hydrogens is 546 g/mol. The van der Waals surface area contributed by atoms with Crippen LogP contribution in [0.3, 0.4) is 0 Å². The first-order valence-electron chi connectivity index (χ1n) is 14.0. The monoisotopic (exact) mass is 578 g/mol. The lowest BCUT2D eigenvalue weighted by molar-refractivity contribution is 0.188. The minimum atomic E-state index is -0.554. The Morgan fingerprint density at radius 3 is 2.68 bits per heavy atom. The van der Waals surface area contributed by atoms with E-state index in [2.05, 4.69) is 33.4 Å². The van der Waals surface area contributed by atoms with Crippen molar-refractivity contribution < 1.29 is 13.5 Å². The molecule has 0 unspecified atom stereocenters. The maximum Gasteiger partial charge on any atom is 0.319 e. The highest BCUT2D eigenvalue weighted by Gasteiger charge is 2.29. The third-order valence-electron chi connectivity index (χ3n) is 8.21. The topological polar surface area (TPSA) is 57.6 Å². The van der Waals surface area contributed by atoms with Crippen LogP contribution in [0, 0.1) is 5.82 Å². The number of ether oxygens (including phenoxy) is 1. The highest BCUT2D eigenvalue weighted by Crippen LogP contribution is 2.38. The van der Waals surface area contributed by atoms with Crippen molar-refractivity contribution in [2.45, 2.75) is 31.8 Å². The number of pyridine rings is 1. The van der Waals surface area contributed by atoms with Crippen molar-refractivity contribution >= 4 is 39.1 Å². The number of aromatic nitrogens is 3. The van der Waals surface area contributed by atoms with Crippen LogP contribution in [-0.4, -0.2) is 83.2 Å². The maximum atomic E-state index is 16.5. The van der Waals surface area contributed by atoms with Gasteiger partial charge in [0.2, 0.25) is 0 Å². The van der Waals surface area contributed by atoms with Crippen LogP contribution in [0.2, 0.25) is 5.02 Å². The van der Waals surface area contributed by atoms with E-state index in [4.69, 9.17) is 21.3 Å². The lowest BCUT2D eigenvalue weighted by Crippen LogP contribution is -2.52. The Morgan fingerprint density at radius 2 is 1.95 bits per heavy atom. The van der Waals surface area contributed by atoms with Crippen LogP contribution in [0.1, 0.15) is 19.8 Å². The van der Waals surface area contributed by atoms with Crippen molar-refractivity contribution in [3.05, 3.63) is 65.8 Å². The molecule has 0 amide bonds. The van der Waals surface area contributed by atoms with E-state index in [9.17, 15) is 4.39 Å². The fraction of sp³-hybridized carbons (Fsp3) is 0.387. The van der Waals surface area contributed by atoms with E-state index in [0.717, 1.165) is 30.2 Å². The summed E-state index contributed by atoms with van der Waals surface area (Å²) in [6.45, 7) is 8.89. The van der Waals surface area contributed by atoms with Gasteiger partial charge in [-0.05, 0) is 44.8 Å². The molecule has 41 heavy (non-hydrogen) atoms. The van der Waals surface area contributed by atoms with E-state index in [-0.39, 0.29) is 41.7 Å². The second-order valence-electron chi connectivity index (χ2n) is 11.0. The first kappa shape index (κ1) is 27.8. The molecule has 0 spiro atoms. The Hall–Kier alpha value is -3.40. The van der Waals surface area contributed by atoms with Gasteiger partial charge in [-0.15, -0.1) is 0 Å². The highest BCUT2D eigenvalue weighted by molar-refractivity contribution is 6.36. The molecule has 0 bridgehead atoms. The SMILES string of the molecule is C=C(F)CN1CCN(c2nc(OC[C@@H]3CCCN3C)nc3c(F)c(-c4cccc5cccc(Cl)c45)ncc23)[C@H](C)C1. The molecule has 10 heteroatoms. The number of hydrogen-bond acceptors (Lipinski definition) is 7. The smallest absolute Gasteiger partial charge is 0.319 e. The third-order valence-corrected chi connectivity index (χ3v) is 8.52. The fourth-order valence-corrected chi connectivity index (χ4v) is 6.36. The number of piperazine rings is 1. The molecule has 2 aromatic heterocycles. The van der Waals surface area contributed by atoms with Gasteiger partial charge in [0.05, 0.1) is 5.39 Å². The summed E-state index contributed by atoms with van der Waals surface area (Å²) in [5.41, 5.74) is 0.906. The molecule has 2 fully saturated rings. The van der Waals surface area contributed by atoms with Gasteiger partial charge in [-0.3, -0.25) is 9.88 Å². The predicted octanol–water partition coefficient (Wildman–Crippen LogP) is 6.10. The molecule has 2 atom stereocenters. The molecule has 4 aromatic rings. The quantitative estimate of drug-likeness (QED) is 0.262. The lowest BCUT2D eigenvalue weighted by Gasteiger charge is -2.40. The molecule has 2 aliphatic heterocycles. The molecule has 0 radical (unpaired) electrons. The third kappa shape index (κ3) is 5.46. The molecule has 7 nitrogen and oxygen atoms in total. The van der Waals surface area contributed by atoms with Gasteiger partial charge >= 0.3 is 6.01 Å². The van der Waals surface area contributed by atoms with Crippen LogP contribution >= 0.6 is 11.6 Å². The first-order valence-corrected chi connectivity index (χ1v) is 14.4. The molecule has 0 saturated carbocycles. The highest BCUT2D eigenvalue weighted by atomic mass is 35.5. The molecule has 0 N–H and O–H groups in total. The number of benzene rings is 2. The summed E-state index contributed by atoms with van der Waals surface area (Å²) in [5, 5.41) is 2.65. The summed E-state index contributed by atoms with van der Waals surface area (Å²) in [5.74, 6) is -0.357. The van der Waals surface area contributed by atoms with Crippen molar-refractivity contribution in [3.8, 4) is 17.3 Å². The molecule has 4 heterocycles. The first-order chi connectivity index (χ1) is 19.8. The Bertz CT molecular complexity index is 1610.